The number of hydrogen-bond donors (Lipinski definition) is 2. The number of aromatic amines is 1. The van der Waals surface area contributed by atoms with Gasteiger partial charge in [0.25, 0.3) is 5.56 Å². The fourth-order valence-corrected chi connectivity index (χ4v) is 4.28. The molecule has 0 aliphatic carbocycles. The van der Waals surface area contributed by atoms with E-state index < -0.39 is 5.82 Å². The standard InChI is InChI=1S/C22H18ClFN4O2S/c1-2-28-21(30)20-19(15(11-25-20)13-6-4-3-5-7-13)27-22(28)31-12-18(29)26-17-9-8-14(24)10-16(17)23/h3-11,25H,2,12H2,1H3,(H,26,29). The Kier molecular flexibility index (Phi) is 6.11. The topological polar surface area (TPSA) is 79.8 Å². The Balaban J connectivity index is 1.62. The Hall–Kier alpha value is -3.10. The highest BCUT2D eigenvalue weighted by Crippen LogP contribution is 2.28. The Bertz CT molecular complexity index is 1320. The second-order valence-electron chi connectivity index (χ2n) is 6.70. The fourth-order valence-electron chi connectivity index (χ4n) is 3.21. The molecule has 2 N–H and O–H groups in total. The molecule has 31 heavy (non-hydrogen) atoms. The summed E-state index contributed by atoms with van der Waals surface area (Å²) in [5, 5.41) is 3.21. The van der Waals surface area contributed by atoms with Crippen molar-refractivity contribution in [1.82, 2.24) is 14.5 Å². The predicted octanol–water partition coefficient (Wildman–Crippen LogP) is 4.93. The van der Waals surface area contributed by atoms with Crippen LogP contribution in [-0.4, -0.2) is 26.2 Å². The summed E-state index contributed by atoms with van der Waals surface area (Å²) in [7, 11) is 0. The molecule has 9 heteroatoms. The lowest BCUT2D eigenvalue weighted by molar-refractivity contribution is -0.113. The van der Waals surface area contributed by atoms with Crippen molar-refractivity contribution in [2.24, 2.45) is 0 Å². The van der Waals surface area contributed by atoms with Gasteiger partial charge in [-0.25, -0.2) is 9.37 Å². The molecule has 6 nitrogen and oxygen atoms in total. The lowest BCUT2D eigenvalue weighted by Crippen LogP contribution is -2.23. The summed E-state index contributed by atoms with van der Waals surface area (Å²) in [5.41, 5.74) is 2.87. The van der Waals surface area contributed by atoms with Crippen molar-refractivity contribution in [3.05, 3.63) is 75.9 Å². The third-order valence-electron chi connectivity index (χ3n) is 4.69. The van der Waals surface area contributed by atoms with Crippen LogP contribution in [0.3, 0.4) is 0 Å². The summed E-state index contributed by atoms with van der Waals surface area (Å²) in [6.45, 7) is 2.26. The number of fused-ring (bicyclic) bond motifs is 1. The van der Waals surface area contributed by atoms with Gasteiger partial charge in [0, 0.05) is 18.3 Å². The van der Waals surface area contributed by atoms with E-state index in [0.717, 1.165) is 29.0 Å². The number of H-pyrrole nitrogens is 1. The van der Waals surface area contributed by atoms with E-state index in [1.54, 1.807) is 6.20 Å². The molecule has 0 fully saturated rings. The summed E-state index contributed by atoms with van der Waals surface area (Å²) in [5.74, 6) is -0.813. The maximum absolute atomic E-state index is 13.2. The number of carbonyl (C=O) groups is 1. The van der Waals surface area contributed by atoms with Gasteiger partial charge < -0.3 is 10.3 Å². The monoisotopic (exact) mass is 456 g/mol. The summed E-state index contributed by atoms with van der Waals surface area (Å²) in [4.78, 5) is 33.1. The van der Waals surface area contributed by atoms with Crippen LogP contribution in [0.5, 0.6) is 0 Å². The van der Waals surface area contributed by atoms with Crippen LogP contribution >= 0.6 is 23.4 Å². The Morgan fingerprint density at radius 1 is 1.26 bits per heavy atom. The van der Waals surface area contributed by atoms with Crippen molar-refractivity contribution >= 4 is 46.0 Å². The number of halogens is 2. The van der Waals surface area contributed by atoms with Gasteiger partial charge in [-0.3, -0.25) is 14.2 Å². The van der Waals surface area contributed by atoms with E-state index in [-0.39, 0.29) is 22.2 Å². The van der Waals surface area contributed by atoms with Gasteiger partial charge in [0.05, 0.1) is 16.5 Å². The van der Waals surface area contributed by atoms with Crippen molar-refractivity contribution in [2.45, 2.75) is 18.6 Å². The van der Waals surface area contributed by atoms with Crippen LogP contribution < -0.4 is 10.9 Å². The first-order valence-corrected chi connectivity index (χ1v) is 10.9. The molecular formula is C22H18ClFN4O2S. The number of amides is 1. The molecule has 2 aromatic carbocycles. The van der Waals surface area contributed by atoms with E-state index >= 15 is 0 Å². The Morgan fingerprint density at radius 2 is 2.03 bits per heavy atom. The largest absolute Gasteiger partial charge is 0.355 e. The molecule has 0 atom stereocenters. The van der Waals surface area contributed by atoms with Gasteiger partial charge in [0.1, 0.15) is 16.9 Å². The average Bonchev–Trinajstić information content (AvgIpc) is 3.19. The second-order valence-corrected chi connectivity index (χ2v) is 8.05. The maximum atomic E-state index is 13.2. The highest BCUT2D eigenvalue weighted by atomic mass is 35.5. The number of carbonyl (C=O) groups excluding carboxylic acids is 1. The molecule has 2 aromatic heterocycles. The number of hydrogen-bond acceptors (Lipinski definition) is 4. The number of anilines is 1. The normalized spacial score (nSPS) is 11.1. The summed E-state index contributed by atoms with van der Waals surface area (Å²) < 4.78 is 14.7. The van der Waals surface area contributed by atoms with E-state index in [2.05, 4.69) is 10.3 Å². The highest BCUT2D eigenvalue weighted by molar-refractivity contribution is 7.99. The molecule has 0 radical (unpaired) electrons. The zero-order chi connectivity index (χ0) is 22.0. The van der Waals surface area contributed by atoms with E-state index in [1.807, 2.05) is 37.3 Å². The summed E-state index contributed by atoms with van der Waals surface area (Å²) >= 11 is 7.12. The van der Waals surface area contributed by atoms with Crippen LogP contribution in [0, 0.1) is 5.82 Å². The van der Waals surface area contributed by atoms with Gasteiger partial charge in [-0.05, 0) is 30.7 Å². The molecule has 0 bridgehead atoms. The SMILES string of the molecule is CCn1c(SCC(=O)Nc2ccc(F)cc2Cl)nc2c(-c3ccccc3)c[nH]c2c1=O. The minimum absolute atomic E-state index is 0.0107. The number of thioether (sulfide) groups is 1. The lowest BCUT2D eigenvalue weighted by atomic mass is 10.1. The highest BCUT2D eigenvalue weighted by Gasteiger charge is 2.17. The van der Waals surface area contributed by atoms with E-state index in [1.165, 1.54) is 16.7 Å². The van der Waals surface area contributed by atoms with Gasteiger partial charge in [0.15, 0.2) is 5.16 Å². The van der Waals surface area contributed by atoms with Crippen molar-refractivity contribution in [3.8, 4) is 11.1 Å². The van der Waals surface area contributed by atoms with Crippen molar-refractivity contribution in [1.29, 1.82) is 0 Å². The maximum Gasteiger partial charge on any atom is 0.278 e. The van der Waals surface area contributed by atoms with Gasteiger partial charge in [0.2, 0.25) is 5.91 Å². The fraction of sp³-hybridized carbons (Fsp3) is 0.136. The van der Waals surface area contributed by atoms with Crippen molar-refractivity contribution in [3.63, 3.8) is 0 Å². The first-order chi connectivity index (χ1) is 15.0. The predicted molar refractivity (Wildman–Crippen MR) is 122 cm³/mol. The third-order valence-corrected chi connectivity index (χ3v) is 5.98. The molecule has 0 spiro atoms. The van der Waals surface area contributed by atoms with Gasteiger partial charge in [-0.1, -0.05) is 53.7 Å². The van der Waals surface area contributed by atoms with Crippen LogP contribution in [0.25, 0.3) is 22.2 Å². The molecule has 1 amide bonds. The number of rotatable bonds is 6. The van der Waals surface area contributed by atoms with E-state index in [0.29, 0.717) is 28.4 Å². The van der Waals surface area contributed by atoms with Crippen molar-refractivity contribution < 1.29 is 9.18 Å². The summed E-state index contributed by atoms with van der Waals surface area (Å²) in [6, 6.07) is 13.4. The van der Waals surface area contributed by atoms with E-state index in [4.69, 9.17) is 16.6 Å². The quantitative estimate of drug-likeness (QED) is 0.318. The van der Waals surface area contributed by atoms with Gasteiger partial charge >= 0.3 is 0 Å². The second kappa shape index (κ2) is 8.95. The zero-order valence-corrected chi connectivity index (χ0v) is 18.1. The first kappa shape index (κ1) is 21.1. The molecule has 4 rings (SSSR count). The third kappa shape index (κ3) is 4.35. The number of nitrogens with zero attached hydrogens (tertiary/aromatic N) is 2. The molecule has 0 unspecified atom stereocenters. The molecule has 0 saturated carbocycles. The first-order valence-electron chi connectivity index (χ1n) is 9.53. The van der Waals surface area contributed by atoms with Gasteiger partial charge in [-0.15, -0.1) is 0 Å². The number of benzene rings is 2. The molecule has 158 valence electrons. The molecular weight excluding hydrogens is 439 g/mol. The minimum Gasteiger partial charge on any atom is -0.355 e. The van der Waals surface area contributed by atoms with Crippen LogP contribution in [0.15, 0.2) is 64.7 Å². The molecule has 0 aliphatic heterocycles. The number of aromatic nitrogens is 3. The van der Waals surface area contributed by atoms with E-state index in [9.17, 15) is 14.0 Å². The molecule has 4 aromatic rings. The Morgan fingerprint density at radius 3 is 2.74 bits per heavy atom. The van der Waals surface area contributed by atoms with Crippen LogP contribution in [0.2, 0.25) is 5.02 Å². The minimum atomic E-state index is -0.484. The van der Waals surface area contributed by atoms with Crippen LogP contribution in [0.4, 0.5) is 10.1 Å². The van der Waals surface area contributed by atoms with Gasteiger partial charge in [-0.2, -0.15) is 0 Å². The lowest BCUT2D eigenvalue weighted by Gasteiger charge is -2.11. The van der Waals surface area contributed by atoms with Crippen LogP contribution in [-0.2, 0) is 11.3 Å². The smallest absolute Gasteiger partial charge is 0.278 e. The molecule has 0 aliphatic rings. The summed E-state index contributed by atoms with van der Waals surface area (Å²) in [6.07, 6.45) is 1.77. The molecule has 0 saturated heterocycles. The number of nitrogens with one attached hydrogen (secondary N) is 2. The average molecular weight is 457 g/mol. The van der Waals surface area contributed by atoms with Crippen molar-refractivity contribution in [2.75, 3.05) is 11.1 Å². The zero-order valence-electron chi connectivity index (χ0n) is 16.5. The molecule has 2 heterocycles. The Labute approximate surface area is 186 Å². The van der Waals surface area contributed by atoms with Crippen LogP contribution in [0.1, 0.15) is 6.92 Å².